The Balaban J connectivity index is 2.03. The number of benzene rings is 1. The van der Waals surface area contributed by atoms with Crippen molar-refractivity contribution in [1.82, 2.24) is 0 Å². The van der Waals surface area contributed by atoms with Gasteiger partial charge in [-0.3, -0.25) is 0 Å². The van der Waals surface area contributed by atoms with Gasteiger partial charge < -0.3 is 4.74 Å². The third-order valence-corrected chi connectivity index (χ3v) is 4.61. The summed E-state index contributed by atoms with van der Waals surface area (Å²) in [6, 6.07) is 5.30. The molecule has 1 saturated carbocycles. The van der Waals surface area contributed by atoms with Crippen LogP contribution >= 0.6 is 12.6 Å². The van der Waals surface area contributed by atoms with Gasteiger partial charge in [0.15, 0.2) is 11.6 Å². The van der Waals surface area contributed by atoms with E-state index in [0.29, 0.717) is 17.9 Å². The normalized spacial score (nSPS) is 18.6. The molecule has 0 aromatic heterocycles. The van der Waals surface area contributed by atoms with Crippen LogP contribution in [0.5, 0.6) is 5.75 Å². The van der Waals surface area contributed by atoms with Crippen molar-refractivity contribution in [2.45, 2.75) is 39.0 Å². The molecule has 0 heterocycles. The molecule has 1 aliphatic rings. The lowest BCUT2D eigenvalue weighted by atomic mass is 9.76. The molecule has 1 aromatic rings. The Morgan fingerprint density at radius 3 is 2.67 bits per heavy atom. The summed E-state index contributed by atoms with van der Waals surface area (Å²) in [6.07, 6.45) is 6.06. The van der Waals surface area contributed by atoms with Gasteiger partial charge in [0.25, 0.3) is 0 Å². The van der Waals surface area contributed by atoms with E-state index < -0.39 is 0 Å². The van der Waals surface area contributed by atoms with Crippen molar-refractivity contribution in [2.75, 3.05) is 12.4 Å². The first kappa shape index (κ1) is 13.7. The van der Waals surface area contributed by atoms with Gasteiger partial charge in [-0.05, 0) is 37.1 Å². The molecular formula is C15H21FOS. The largest absolute Gasteiger partial charge is 0.490 e. The Kier molecular flexibility index (Phi) is 4.55. The molecule has 1 fully saturated rings. The summed E-state index contributed by atoms with van der Waals surface area (Å²) in [6.45, 7) is 2.34. The molecule has 1 aliphatic carbocycles. The van der Waals surface area contributed by atoms with Crippen LogP contribution in [0.2, 0.25) is 0 Å². The fourth-order valence-electron chi connectivity index (χ4n) is 2.61. The maximum atomic E-state index is 13.8. The average molecular weight is 268 g/mol. The molecule has 1 nitrogen and oxygen atoms in total. The smallest absolute Gasteiger partial charge is 0.167 e. The standard InChI is InChI=1S/C15H21FOS/c1-12-6-5-7-13(14(12)16)17-10-15(11-18)8-3-2-4-9-15/h5-7,18H,2-4,8-11H2,1H3. The van der Waals surface area contributed by atoms with Gasteiger partial charge in [-0.15, -0.1) is 0 Å². The number of rotatable bonds is 4. The van der Waals surface area contributed by atoms with E-state index in [9.17, 15) is 4.39 Å². The molecule has 0 aliphatic heterocycles. The third-order valence-electron chi connectivity index (χ3n) is 3.94. The monoisotopic (exact) mass is 268 g/mol. The molecule has 0 amide bonds. The first-order chi connectivity index (χ1) is 8.67. The number of hydrogen-bond acceptors (Lipinski definition) is 2. The van der Waals surface area contributed by atoms with Crippen LogP contribution in [0.1, 0.15) is 37.7 Å². The van der Waals surface area contributed by atoms with Crippen molar-refractivity contribution in [2.24, 2.45) is 5.41 Å². The molecule has 3 heteroatoms. The highest BCUT2D eigenvalue weighted by Gasteiger charge is 2.31. The van der Waals surface area contributed by atoms with Gasteiger partial charge in [-0.1, -0.05) is 31.4 Å². The van der Waals surface area contributed by atoms with Gasteiger partial charge >= 0.3 is 0 Å². The molecule has 0 radical (unpaired) electrons. The molecule has 0 saturated heterocycles. The van der Waals surface area contributed by atoms with Crippen LogP contribution in [0.15, 0.2) is 18.2 Å². The third kappa shape index (κ3) is 3.00. The summed E-state index contributed by atoms with van der Waals surface area (Å²) in [7, 11) is 0. The fraction of sp³-hybridized carbons (Fsp3) is 0.600. The SMILES string of the molecule is Cc1cccc(OCC2(CS)CCCCC2)c1F. The van der Waals surface area contributed by atoms with Crippen molar-refractivity contribution in [3.05, 3.63) is 29.6 Å². The predicted molar refractivity (Wildman–Crippen MR) is 76.0 cm³/mol. The molecule has 0 bridgehead atoms. The molecule has 100 valence electrons. The lowest BCUT2D eigenvalue weighted by Crippen LogP contribution is -2.33. The summed E-state index contributed by atoms with van der Waals surface area (Å²) in [5, 5.41) is 0. The summed E-state index contributed by atoms with van der Waals surface area (Å²) < 4.78 is 19.6. The fourth-order valence-corrected chi connectivity index (χ4v) is 3.02. The molecule has 2 rings (SSSR count). The number of thiol groups is 1. The van der Waals surface area contributed by atoms with Gasteiger partial charge in [0.1, 0.15) is 0 Å². The maximum absolute atomic E-state index is 13.8. The maximum Gasteiger partial charge on any atom is 0.167 e. The zero-order chi connectivity index (χ0) is 13.0. The number of halogens is 1. The highest BCUT2D eigenvalue weighted by molar-refractivity contribution is 7.80. The van der Waals surface area contributed by atoms with Crippen LogP contribution < -0.4 is 4.74 Å². The van der Waals surface area contributed by atoms with Gasteiger partial charge in [-0.2, -0.15) is 12.6 Å². The first-order valence-corrected chi connectivity index (χ1v) is 7.29. The highest BCUT2D eigenvalue weighted by atomic mass is 32.1. The Morgan fingerprint density at radius 1 is 1.28 bits per heavy atom. The molecule has 0 atom stereocenters. The number of ether oxygens (including phenoxy) is 1. The minimum absolute atomic E-state index is 0.136. The van der Waals surface area contributed by atoms with E-state index >= 15 is 0 Å². The average Bonchev–Trinajstić information content (AvgIpc) is 2.41. The lowest BCUT2D eigenvalue weighted by molar-refractivity contribution is 0.117. The molecule has 0 N–H and O–H groups in total. The van der Waals surface area contributed by atoms with Crippen LogP contribution in [-0.2, 0) is 0 Å². The van der Waals surface area contributed by atoms with Crippen molar-refractivity contribution in [3.8, 4) is 5.75 Å². The molecule has 18 heavy (non-hydrogen) atoms. The Morgan fingerprint density at radius 2 is 2.00 bits per heavy atom. The number of aryl methyl sites for hydroxylation is 1. The summed E-state index contributed by atoms with van der Waals surface area (Å²) in [5.41, 5.74) is 0.772. The summed E-state index contributed by atoms with van der Waals surface area (Å²) >= 11 is 4.47. The van der Waals surface area contributed by atoms with Gasteiger partial charge in [0.05, 0.1) is 6.61 Å². The Hall–Kier alpha value is -0.700. The van der Waals surface area contributed by atoms with Gasteiger partial charge in [-0.25, -0.2) is 4.39 Å². The minimum Gasteiger partial charge on any atom is -0.490 e. The Bertz CT molecular complexity index is 399. The van der Waals surface area contributed by atoms with E-state index in [0.717, 1.165) is 18.6 Å². The highest BCUT2D eigenvalue weighted by Crippen LogP contribution is 2.38. The summed E-state index contributed by atoms with van der Waals surface area (Å²) in [5.74, 6) is 0.963. The van der Waals surface area contributed by atoms with Crippen molar-refractivity contribution in [1.29, 1.82) is 0 Å². The first-order valence-electron chi connectivity index (χ1n) is 6.66. The van der Waals surface area contributed by atoms with E-state index in [1.165, 1.54) is 19.3 Å². The van der Waals surface area contributed by atoms with Gasteiger partial charge in [0, 0.05) is 5.41 Å². The second kappa shape index (κ2) is 5.96. The predicted octanol–water partition coefficient (Wildman–Crippen LogP) is 4.39. The topological polar surface area (TPSA) is 9.23 Å². The second-order valence-corrected chi connectivity index (χ2v) is 5.71. The van der Waals surface area contributed by atoms with Crippen molar-refractivity contribution in [3.63, 3.8) is 0 Å². The lowest BCUT2D eigenvalue weighted by Gasteiger charge is -2.35. The van der Waals surface area contributed by atoms with Crippen LogP contribution in [0.3, 0.4) is 0 Å². The zero-order valence-electron chi connectivity index (χ0n) is 10.9. The molecular weight excluding hydrogens is 247 g/mol. The van der Waals surface area contributed by atoms with E-state index in [2.05, 4.69) is 12.6 Å². The second-order valence-electron chi connectivity index (χ2n) is 5.39. The van der Waals surface area contributed by atoms with Gasteiger partial charge in [0.2, 0.25) is 0 Å². The zero-order valence-corrected chi connectivity index (χ0v) is 11.8. The van der Waals surface area contributed by atoms with E-state index in [-0.39, 0.29) is 11.2 Å². The Labute approximate surface area is 114 Å². The van der Waals surface area contributed by atoms with Crippen LogP contribution in [-0.4, -0.2) is 12.4 Å². The van der Waals surface area contributed by atoms with E-state index in [1.54, 1.807) is 19.1 Å². The number of hydrogen-bond donors (Lipinski definition) is 1. The molecule has 1 aromatic carbocycles. The molecule has 0 spiro atoms. The van der Waals surface area contributed by atoms with Crippen LogP contribution in [0, 0.1) is 18.2 Å². The van der Waals surface area contributed by atoms with E-state index in [1.807, 2.05) is 6.07 Å². The summed E-state index contributed by atoms with van der Waals surface area (Å²) in [4.78, 5) is 0. The minimum atomic E-state index is -0.234. The molecule has 0 unspecified atom stereocenters. The quantitative estimate of drug-likeness (QED) is 0.797. The van der Waals surface area contributed by atoms with Crippen molar-refractivity contribution >= 4 is 12.6 Å². The van der Waals surface area contributed by atoms with E-state index in [4.69, 9.17) is 4.74 Å². The van der Waals surface area contributed by atoms with Crippen molar-refractivity contribution < 1.29 is 9.13 Å². The van der Waals surface area contributed by atoms with Crippen LogP contribution in [0.25, 0.3) is 0 Å². The van der Waals surface area contributed by atoms with Crippen LogP contribution in [0.4, 0.5) is 4.39 Å².